The third-order valence-corrected chi connectivity index (χ3v) is 4.71. The Labute approximate surface area is 130 Å². The standard InChI is InChI=1S/C18H21NO3/c1-18(2)8-6-12(7-9-18)13-4-3-5-14(10-13)15-11-16(17(20)21)22-19-15/h3-5,10-12H,6-9H2,1-2H3,(H,20,21). The lowest BCUT2D eigenvalue weighted by Gasteiger charge is -2.34. The van der Waals surface area contributed by atoms with Gasteiger partial charge in [-0.3, -0.25) is 0 Å². The fraction of sp³-hybridized carbons (Fsp3) is 0.444. The largest absolute Gasteiger partial charge is 0.475 e. The Morgan fingerprint density at radius 2 is 2.00 bits per heavy atom. The van der Waals surface area contributed by atoms with Crippen LogP contribution in [0.5, 0.6) is 0 Å². The van der Waals surface area contributed by atoms with Crippen LogP contribution in [0.25, 0.3) is 11.3 Å². The Morgan fingerprint density at radius 1 is 1.27 bits per heavy atom. The minimum Gasteiger partial charge on any atom is -0.475 e. The summed E-state index contributed by atoms with van der Waals surface area (Å²) in [6.07, 6.45) is 4.90. The van der Waals surface area contributed by atoms with Gasteiger partial charge in [0.1, 0.15) is 5.69 Å². The summed E-state index contributed by atoms with van der Waals surface area (Å²) in [5.74, 6) is -0.636. The molecule has 4 nitrogen and oxygen atoms in total. The molecule has 2 aromatic rings. The predicted octanol–water partition coefficient (Wildman–Crippen LogP) is 4.72. The van der Waals surface area contributed by atoms with Crippen molar-refractivity contribution in [3.63, 3.8) is 0 Å². The highest BCUT2D eigenvalue weighted by molar-refractivity contribution is 5.85. The highest BCUT2D eigenvalue weighted by Crippen LogP contribution is 2.42. The Morgan fingerprint density at radius 3 is 2.64 bits per heavy atom. The van der Waals surface area contributed by atoms with Crippen LogP contribution in [0.2, 0.25) is 0 Å². The lowest BCUT2D eigenvalue weighted by Crippen LogP contribution is -2.20. The van der Waals surface area contributed by atoms with E-state index in [0.717, 1.165) is 5.56 Å². The summed E-state index contributed by atoms with van der Waals surface area (Å²) >= 11 is 0. The number of rotatable bonds is 3. The minimum absolute atomic E-state index is 0.125. The van der Waals surface area contributed by atoms with Gasteiger partial charge in [-0.15, -0.1) is 0 Å². The molecule has 1 aliphatic rings. The zero-order valence-corrected chi connectivity index (χ0v) is 13.0. The van der Waals surface area contributed by atoms with Crippen LogP contribution < -0.4 is 0 Å². The van der Waals surface area contributed by atoms with E-state index in [0.29, 0.717) is 17.0 Å². The average Bonchev–Trinajstić information content (AvgIpc) is 2.97. The van der Waals surface area contributed by atoms with Crippen molar-refractivity contribution >= 4 is 5.97 Å². The molecule has 22 heavy (non-hydrogen) atoms. The van der Waals surface area contributed by atoms with E-state index < -0.39 is 5.97 Å². The van der Waals surface area contributed by atoms with E-state index in [1.807, 2.05) is 12.1 Å². The summed E-state index contributed by atoms with van der Waals surface area (Å²) in [6, 6.07) is 9.71. The third kappa shape index (κ3) is 3.06. The molecule has 0 bridgehead atoms. The molecular weight excluding hydrogens is 278 g/mol. The topological polar surface area (TPSA) is 63.3 Å². The summed E-state index contributed by atoms with van der Waals surface area (Å²) in [6.45, 7) is 4.67. The van der Waals surface area contributed by atoms with Gasteiger partial charge in [0.25, 0.3) is 0 Å². The highest BCUT2D eigenvalue weighted by atomic mass is 16.5. The molecule has 0 radical (unpaired) electrons. The molecule has 3 rings (SSSR count). The van der Waals surface area contributed by atoms with E-state index in [9.17, 15) is 4.79 Å². The van der Waals surface area contributed by atoms with E-state index in [4.69, 9.17) is 9.63 Å². The Bertz CT molecular complexity index is 677. The molecule has 1 fully saturated rings. The van der Waals surface area contributed by atoms with Crippen molar-refractivity contribution in [2.24, 2.45) is 5.41 Å². The number of nitrogens with zero attached hydrogens (tertiary/aromatic N) is 1. The van der Waals surface area contributed by atoms with Gasteiger partial charge < -0.3 is 9.63 Å². The number of benzene rings is 1. The maximum Gasteiger partial charge on any atom is 0.374 e. The molecule has 0 aliphatic heterocycles. The SMILES string of the molecule is CC1(C)CCC(c2cccc(-c3cc(C(=O)O)on3)c2)CC1. The van der Waals surface area contributed by atoms with Crippen molar-refractivity contribution in [2.75, 3.05) is 0 Å². The van der Waals surface area contributed by atoms with Crippen LogP contribution in [0.4, 0.5) is 0 Å². The fourth-order valence-electron chi connectivity index (χ4n) is 3.20. The smallest absolute Gasteiger partial charge is 0.374 e. The number of carboxylic acids is 1. The zero-order valence-electron chi connectivity index (χ0n) is 13.0. The lowest BCUT2D eigenvalue weighted by atomic mass is 9.71. The van der Waals surface area contributed by atoms with E-state index >= 15 is 0 Å². The number of aromatic nitrogens is 1. The first-order chi connectivity index (χ1) is 10.4. The Hall–Kier alpha value is -2.10. The molecule has 1 N–H and O–H groups in total. The average molecular weight is 299 g/mol. The third-order valence-electron chi connectivity index (χ3n) is 4.71. The van der Waals surface area contributed by atoms with Gasteiger partial charge in [-0.1, -0.05) is 37.2 Å². The van der Waals surface area contributed by atoms with E-state index in [1.165, 1.54) is 37.3 Å². The van der Waals surface area contributed by atoms with E-state index in [-0.39, 0.29) is 5.76 Å². The van der Waals surface area contributed by atoms with Gasteiger partial charge in [0, 0.05) is 11.6 Å². The van der Waals surface area contributed by atoms with Crippen LogP contribution in [0.1, 0.15) is 61.6 Å². The maximum absolute atomic E-state index is 10.9. The van der Waals surface area contributed by atoms with Crippen molar-refractivity contribution in [2.45, 2.75) is 45.4 Å². The van der Waals surface area contributed by atoms with Crippen molar-refractivity contribution < 1.29 is 14.4 Å². The van der Waals surface area contributed by atoms with Crippen molar-refractivity contribution in [3.05, 3.63) is 41.7 Å². The molecule has 4 heteroatoms. The summed E-state index contributed by atoms with van der Waals surface area (Å²) in [7, 11) is 0. The molecule has 1 saturated carbocycles. The van der Waals surface area contributed by atoms with Crippen LogP contribution in [-0.2, 0) is 0 Å². The second-order valence-corrected chi connectivity index (χ2v) is 6.95. The molecule has 1 aliphatic carbocycles. The van der Waals surface area contributed by atoms with Crippen LogP contribution in [-0.4, -0.2) is 16.2 Å². The van der Waals surface area contributed by atoms with Crippen LogP contribution >= 0.6 is 0 Å². The Kier molecular flexibility index (Phi) is 3.77. The van der Waals surface area contributed by atoms with Crippen LogP contribution in [0.3, 0.4) is 0 Å². The van der Waals surface area contributed by atoms with E-state index in [2.05, 4.69) is 31.1 Å². The number of hydrogen-bond donors (Lipinski definition) is 1. The summed E-state index contributed by atoms with van der Waals surface area (Å²) in [4.78, 5) is 10.9. The maximum atomic E-state index is 10.9. The monoisotopic (exact) mass is 299 g/mol. The number of carboxylic acid groups (broad SMARTS) is 1. The quantitative estimate of drug-likeness (QED) is 0.890. The molecule has 116 valence electrons. The molecule has 1 aromatic heterocycles. The molecule has 1 aromatic carbocycles. The molecule has 0 unspecified atom stereocenters. The zero-order chi connectivity index (χ0) is 15.7. The molecule has 0 amide bonds. The summed E-state index contributed by atoms with van der Waals surface area (Å²) in [5, 5.41) is 12.8. The highest BCUT2D eigenvalue weighted by Gasteiger charge is 2.27. The lowest BCUT2D eigenvalue weighted by molar-refractivity contribution is 0.0652. The van der Waals surface area contributed by atoms with Crippen molar-refractivity contribution in [1.82, 2.24) is 5.16 Å². The molecule has 1 heterocycles. The Balaban J connectivity index is 1.82. The van der Waals surface area contributed by atoms with Gasteiger partial charge in [0.15, 0.2) is 0 Å². The first-order valence-corrected chi connectivity index (χ1v) is 7.75. The van der Waals surface area contributed by atoms with Gasteiger partial charge in [0.2, 0.25) is 5.76 Å². The van der Waals surface area contributed by atoms with Gasteiger partial charge in [-0.25, -0.2) is 4.79 Å². The minimum atomic E-state index is -1.09. The summed E-state index contributed by atoms with van der Waals surface area (Å²) in [5.41, 5.74) is 3.26. The van der Waals surface area contributed by atoms with Crippen LogP contribution in [0, 0.1) is 5.41 Å². The predicted molar refractivity (Wildman–Crippen MR) is 83.9 cm³/mol. The van der Waals surface area contributed by atoms with Gasteiger partial charge in [0.05, 0.1) is 0 Å². The second kappa shape index (κ2) is 5.59. The van der Waals surface area contributed by atoms with E-state index in [1.54, 1.807) is 0 Å². The van der Waals surface area contributed by atoms with Gasteiger partial charge in [-0.05, 0) is 48.6 Å². The van der Waals surface area contributed by atoms with Crippen molar-refractivity contribution in [3.8, 4) is 11.3 Å². The van der Waals surface area contributed by atoms with Gasteiger partial charge >= 0.3 is 5.97 Å². The first-order valence-electron chi connectivity index (χ1n) is 7.75. The van der Waals surface area contributed by atoms with Gasteiger partial charge in [-0.2, -0.15) is 0 Å². The normalized spacial score (nSPS) is 18.3. The molecule has 0 spiro atoms. The van der Waals surface area contributed by atoms with Crippen LogP contribution in [0.15, 0.2) is 34.9 Å². The second-order valence-electron chi connectivity index (χ2n) is 6.95. The number of carbonyl (C=O) groups is 1. The fourth-order valence-corrected chi connectivity index (χ4v) is 3.20. The number of hydrogen-bond acceptors (Lipinski definition) is 3. The molecular formula is C18H21NO3. The van der Waals surface area contributed by atoms with Crippen molar-refractivity contribution in [1.29, 1.82) is 0 Å². The molecule has 0 atom stereocenters. The number of aromatic carboxylic acids is 1. The first kappa shape index (κ1) is 14.8. The summed E-state index contributed by atoms with van der Waals surface area (Å²) < 4.78 is 4.84. The molecule has 0 saturated heterocycles.